The molecule has 0 atom stereocenters. The summed E-state index contributed by atoms with van der Waals surface area (Å²) in [6.45, 7) is 1.99. The van der Waals surface area contributed by atoms with Crippen molar-refractivity contribution in [2.75, 3.05) is 0 Å². The third kappa shape index (κ3) is 1.62. The maximum atomic E-state index is 12.1. The van der Waals surface area contributed by atoms with E-state index in [2.05, 4.69) is 10.1 Å². The summed E-state index contributed by atoms with van der Waals surface area (Å²) < 4.78 is 1.45. The average molecular weight is 247 g/mol. The molecule has 5 heteroatoms. The molecule has 1 fully saturated rings. The van der Waals surface area contributed by atoms with Crippen LogP contribution >= 0.6 is 0 Å². The molecule has 0 aliphatic heterocycles. The van der Waals surface area contributed by atoms with Crippen molar-refractivity contribution in [2.24, 2.45) is 0 Å². The van der Waals surface area contributed by atoms with E-state index in [1.165, 1.54) is 4.52 Å². The van der Waals surface area contributed by atoms with Crippen LogP contribution in [0, 0.1) is 0 Å². The first-order valence-electron chi connectivity index (χ1n) is 6.54. The number of rotatable bonds is 2. The highest BCUT2D eigenvalue weighted by Gasteiger charge is 2.25. The molecule has 96 valence electrons. The second-order valence-corrected chi connectivity index (χ2v) is 4.96. The molecule has 2 aromatic rings. The van der Waals surface area contributed by atoms with Crippen LogP contribution in [0.1, 0.15) is 49.8 Å². The number of fused-ring (bicyclic) bond motifs is 1. The summed E-state index contributed by atoms with van der Waals surface area (Å²) in [6.07, 6.45) is 4.98. The Balaban J connectivity index is 2.22. The van der Waals surface area contributed by atoms with Crippen molar-refractivity contribution in [2.45, 2.75) is 44.9 Å². The smallest absolute Gasteiger partial charge is 0.258 e. The molecule has 0 spiro atoms. The van der Waals surface area contributed by atoms with Crippen LogP contribution in [0.15, 0.2) is 10.9 Å². The van der Waals surface area contributed by atoms with Gasteiger partial charge in [-0.25, -0.2) is 0 Å². The molecular weight excluding hydrogens is 230 g/mol. The van der Waals surface area contributed by atoms with Crippen LogP contribution in [0.4, 0.5) is 0 Å². The van der Waals surface area contributed by atoms with Gasteiger partial charge in [0.05, 0.1) is 11.3 Å². The molecule has 2 aromatic heterocycles. The Labute approximate surface area is 104 Å². The van der Waals surface area contributed by atoms with E-state index < -0.39 is 0 Å². The van der Waals surface area contributed by atoms with Crippen molar-refractivity contribution in [3.63, 3.8) is 0 Å². The average Bonchev–Trinajstić information content (AvgIpc) is 2.97. The fraction of sp³-hybridized carbons (Fsp3) is 0.538. The second kappa shape index (κ2) is 4.15. The topological polar surface area (TPSA) is 70.4 Å². The molecule has 1 aliphatic carbocycles. The third-order valence-electron chi connectivity index (χ3n) is 3.81. The van der Waals surface area contributed by atoms with Gasteiger partial charge in [-0.1, -0.05) is 19.8 Å². The number of nitrogens with zero attached hydrogens (tertiary/aromatic N) is 2. The lowest BCUT2D eigenvalue weighted by Crippen LogP contribution is -2.17. The third-order valence-corrected chi connectivity index (χ3v) is 3.81. The number of hydrogen-bond donors (Lipinski definition) is 2. The number of aryl methyl sites for hydroxylation is 1. The van der Waals surface area contributed by atoms with E-state index in [1.54, 1.807) is 6.07 Å². The molecule has 1 aliphatic rings. The van der Waals surface area contributed by atoms with Crippen LogP contribution in [-0.2, 0) is 6.42 Å². The van der Waals surface area contributed by atoms with Crippen molar-refractivity contribution in [1.82, 2.24) is 14.6 Å². The SMILES string of the molecule is CCc1cc2[nH]c(=O)c(C3CCCC3)c(O)n2n1. The van der Waals surface area contributed by atoms with Gasteiger partial charge < -0.3 is 10.1 Å². The van der Waals surface area contributed by atoms with E-state index >= 15 is 0 Å². The zero-order valence-corrected chi connectivity index (χ0v) is 10.4. The Morgan fingerprint density at radius 1 is 1.50 bits per heavy atom. The van der Waals surface area contributed by atoms with Crippen LogP contribution in [0.2, 0.25) is 0 Å². The number of hydrogen-bond acceptors (Lipinski definition) is 3. The maximum Gasteiger partial charge on any atom is 0.258 e. The minimum absolute atomic E-state index is 0.0142. The molecule has 1 saturated carbocycles. The lowest BCUT2D eigenvalue weighted by atomic mass is 10.00. The highest BCUT2D eigenvalue weighted by atomic mass is 16.3. The summed E-state index contributed by atoms with van der Waals surface area (Å²) in [5, 5.41) is 14.6. The van der Waals surface area contributed by atoms with Crippen molar-refractivity contribution >= 4 is 5.65 Å². The Morgan fingerprint density at radius 2 is 2.22 bits per heavy atom. The zero-order valence-electron chi connectivity index (χ0n) is 10.4. The summed E-state index contributed by atoms with van der Waals surface area (Å²) in [5.74, 6) is 0.188. The van der Waals surface area contributed by atoms with Crippen molar-refractivity contribution in [3.05, 3.63) is 27.7 Å². The molecule has 0 unspecified atom stereocenters. The predicted molar refractivity (Wildman–Crippen MR) is 68.1 cm³/mol. The fourth-order valence-electron chi connectivity index (χ4n) is 2.84. The van der Waals surface area contributed by atoms with Crippen LogP contribution < -0.4 is 5.56 Å². The van der Waals surface area contributed by atoms with E-state index in [9.17, 15) is 9.90 Å². The predicted octanol–water partition coefficient (Wildman–Crippen LogP) is 1.95. The van der Waals surface area contributed by atoms with Crippen molar-refractivity contribution < 1.29 is 5.11 Å². The van der Waals surface area contributed by atoms with E-state index in [1.807, 2.05) is 6.92 Å². The molecule has 5 nitrogen and oxygen atoms in total. The van der Waals surface area contributed by atoms with E-state index in [0.717, 1.165) is 37.8 Å². The van der Waals surface area contributed by atoms with E-state index in [4.69, 9.17) is 0 Å². The first kappa shape index (κ1) is 11.3. The van der Waals surface area contributed by atoms with Gasteiger partial charge in [0.15, 0.2) is 0 Å². The van der Waals surface area contributed by atoms with Crippen LogP contribution in [0.3, 0.4) is 0 Å². The number of aromatic amines is 1. The molecule has 0 amide bonds. The summed E-state index contributed by atoms with van der Waals surface area (Å²) >= 11 is 0. The van der Waals surface area contributed by atoms with Crippen molar-refractivity contribution in [1.29, 1.82) is 0 Å². The van der Waals surface area contributed by atoms with Gasteiger partial charge in [0.25, 0.3) is 5.56 Å². The molecule has 0 bridgehead atoms. The summed E-state index contributed by atoms with van der Waals surface area (Å²) in [6, 6.07) is 1.81. The van der Waals surface area contributed by atoms with Gasteiger partial charge >= 0.3 is 0 Å². The Hall–Kier alpha value is -1.78. The summed E-state index contributed by atoms with van der Waals surface area (Å²) in [7, 11) is 0. The van der Waals surface area contributed by atoms with E-state index in [-0.39, 0.29) is 17.4 Å². The molecule has 2 N–H and O–H groups in total. The standard InChI is InChI=1S/C13H17N3O2/c1-2-9-7-10-14-12(17)11(8-5-3-4-6-8)13(18)16(10)15-9/h7-8,18H,2-6H2,1H3,(H,14,17). The molecule has 2 heterocycles. The molecular formula is C13H17N3O2. The van der Waals surface area contributed by atoms with Gasteiger partial charge in [-0.3, -0.25) is 4.79 Å². The molecule has 18 heavy (non-hydrogen) atoms. The van der Waals surface area contributed by atoms with Gasteiger partial charge in [0, 0.05) is 6.07 Å². The van der Waals surface area contributed by atoms with Crippen LogP contribution in [0.5, 0.6) is 5.88 Å². The van der Waals surface area contributed by atoms with Crippen LogP contribution in [-0.4, -0.2) is 19.7 Å². The first-order chi connectivity index (χ1) is 8.70. The maximum absolute atomic E-state index is 12.1. The molecule has 3 rings (SSSR count). The Kier molecular flexibility index (Phi) is 2.61. The fourth-order valence-corrected chi connectivity index (χ4v) is 2.84. The number of H-pyrrole nitrogens is 1. The normalized spacial score (nSPS) is 16.7. The van der Waals surface area contributed by atoms with Crippen molar-refractivity contribution in [3.8, 4) is 5.88 Å². The van der Waals surface area contributed by atoms with E-state index in [0.29, 0.717) is 11.2 Å². The zero-order chi connectivity index (χ0) is 12.7. The first-order valence-corrected chi connectivity index (χ1v) is 6.54. The number of aromatic hydroxyl groups is 1. The van der Waals surface area contributed by atoms with Crippen LogP contribution in [0.25, 0.3) is 5.65 Å². The monoisotopic (exact) mass is 247 g/mol. The van der Waals surface area contributed by atoms with Gasteiger partial charge in [0.1, 0.15) is 5.65 Å². The Morgan fingerprint density at radius 3 is 2.89 bits per heavy atom. The highest BCUT2D eigenvalue weighted by Crippen LogP contribution is 2.36. The Bertz CT molecular complexity index is 635. The lowest BCUT2D eigenvalue weighted by molar-refractivity contribution is 0.419. The largest absolute Gasteiger partial charge is 0.493 e. The number of nitrogens with one attached hydrogen (secondary N) is 1. The molecule has 0 saturated heterocycles. The second-order valence-electron chi connectivity index (χ2n) is 4.96. The molecule has 0 aromatic carbocycles. The number of aromatic nitrogens is 3. The molecule has 0 radical (unpaired) electrons. The summed E-state index contributed by atoms with van der Waals surface area (Å²) in [5.41, 5.74) is 1.76. The van der Waals surface area contributed by atoms with Gasteiger partial charge in [-0.15, -0.1) is 0 Å². The van der Waals surface area contributed by atoms with Gasteiger partial charge in [0.2, 0.25) is 5.88 Å². The minimum Gasteiger partial charge on any atom is -0.493 e. The lowest BCUT2D eigenvalue weighted by Gasteiger charge is -2.10. The minimum atomic E-state index is -0.172. The quantitative estimate of drug-likeness (QED) is 0.852. The highest BCUT2D eigenvalue weighted by molar-refractivity contribution is 5.45. The van der Waals surface area contributed by atoms with Gasteiger partial charge in [-0.2, -0.15) is 9.61 Å². The summed E-state index contributed by atoms with van der Waals surface area (Å²) in [4.78, 5) is 14.9. The van der Waals surface area contributed by atoms with Gasteiger partial charge in [-0.05, 0) is 25.2 Å².